The van der Waals surface area contributed by atoms with Crippen molar-refractivity contribution in [3.05, 3.63) is 0 Å². The summed E-state index contributed by atoms with van der Waals surface area (Å²) >= 11 is -2.20. The van der Waals surface area contributed by atoms with E-state index in [0.29, 0.717) is 13.1 Å². The van der Waals surface area contributed by atoms with Crippen molar-refractivity contribution in [1.29, 1.82) is 0 Å². The van der Waals surface area contributed by atoms with E-state index in [-0.39, 0.29) is 12.0 Å². The van der Waals surface area contributed by atoms with E-state index in [1.165, 1.54) is 4.90 Å². The van der Waals surface area contributed by atoms with Gasteiger partial charge in [-0.05, 0) is 31.9 Å². The summed E-state index contributed by atoms with van der Waals surface area (Å²) in [5.41, 5.74) is -0.514. The first-order chi connectivity index (χ1) is 7.28. The zero-order valence-electron chi connectivity index (χ0n) is 9.60. The first-order valence-electron chi connectivity index (χ1n) is 4.93. The van der Waals surface area contributed by atoms with E-state index in [4.69, 9.17) is 9.47 Å². The molecule has 1 unspecified atom stereocenters. The van der Waals surface area contributed by atoms with E-state index >= 15 is 0 Å². The Kier molecular flexibility index (Phi) is 4.28. The van der Waals surface area contributed by atoms with Crippen LogP contribution in [-0.4, -0.2) is 50.5 Å². The highest BCUT2D eigenvalue weighted by Gasteiger charge is 2.34. The van der Waals surface area contributed by atoms with Gasteiger partial charge in [-0.2, -0.15) is 0 Å². The van der Waals surface area contributed by atoms with Gasteiger partial charge in [0.1, 0.15) is 11.5 Å². The summed E-state index contributed by atoms with van der Waals surface area (Å²) in [6, 6.07) is 0. The fourth-order valence-corrected chi connectivity index (χ4v) is 1.47. The third-order valence-corrected chi connectivity index (χ3v) is 2.23. The Morgan fingerprint density at radius 2 is 2.06 bits per heavy atom. The van der Waals surface area contributed by atoms with Crippen molar-refractivity contribution >= 4 is 17.2 Å². The van der Waals surface area contributed by atoms with E-state index in [9.17, 15) is 13.6 Å². The Hall–Kier alpha value is -0.660. The van der Waals surface area contributed by atoms with Crippen LogP contribution in [0.3, 0.4) is 0 Å². The van der Waals surface area contributed by atoms with Crippen molar-refractivity contribution in [2.45, 2.75) is 32.5 Å². The number of ether oxygens (including phenoxy) is 2. The van der Waals surface area contributed by atoms with Crippen molar-refractivity contribution in [2.24, 2.45) is 0 Å². The van der Waals surface area contributed by atoms with Crippen molar-refractivity contribution in [2.75, 3.05) is 19.0 Å². The summed E-state index contributed by atoms with van der Waals surface area (Å²) < 4.78 is 30.5. The highest BCUT2D eigenvalue weighted by Crippen LogP contribution is 2.16. The van der Waals surface area contributed by atoms with Crippen LogP contribution >= 0.6 is 0 Å². The minimum Gasteiger partial charge on any atom is -0.771 e. The van der Waals surface area contributed by atoms with Gasteiger partial charge in [0.15, 0.2) is 0 Å². The Balaban J connectivity index is 2.20. The van der Waals surface area contributed by atoms with Gasteiger partial charge in [-0.15, -0.1) is 0 Å². The van der Waals surface area contributed by atoms with Gasteiger partial charge in [-0.25, -0.2) is 4.79 Å². The van der Waals surface area contributed by atoms with Crippen molar-refractivity contribution in [1.82, 2.24) is 4.90 Å². The molecular formula is C9H16NO5S-. The Morgan fingerprint density at radius 1 is 1.50 bits per heavy atom. The van der Waals surface area contributed by atoms with Crippen LogP contribution in [0, 0.1) is 0 Å². The fraction of sp³-hybridized carbons (Fsp3) is 0.889. The lowest BCUT2D eigenvalue weighted by atomic mass is 10.2. The number of nitrogens with zero attached hydrogens (tertiary/aromatic N) is 1. The molecule has 1 atom stereocenters. The van der Waals surface area contributed by atoms with Gasteiger partial charge >= 0.3 is 6.09 Å². The average Bonchev–Trinajstić information content (AvgIpc) is 1.96. The Morgan fingerprint density at radius 3 is 2.50 bits per heavy atom. The normalized spacial score (nSPS) is 19.1. The third-order valence-electron chi connectivity index (χ3n) is 1.90. The first-order valence-corrected chi connectivity index (χ1v) is 6.18. The van der Waals surface area contributed by atoms with Gasteiger partial charge in [0.2, 0.25) is 0 Å². The molecular weight excluding hydrogens is 234 g/mol. The second-order valence-electron chi connectivity index (χ2n) is 4.60. The number of hydrogen-bond donors (Lipinski definition) is 0. The number of carbonyl (C=O) groups is 1. The number of carbonyl (C=O) groups excluding carboxylic acids is 1. The maximum absolute atomic E-state index is 11.5. The summed E-state index contributed by atoms with van der Waals surface area (Å²) in [4.78, 5) is 12.9. The minimum atomic E-state index is -2.20. The molecule has 1 fully saturated rings. The molecule has 0 bridgehead atoms. The monoisotopic (exact) mass is 250 g/mol. The molecule has 1 aliphatic heterocycles. The van der Waals surface area contributed by atoms with Crippen LogP contribution in [-0.2, 0) is 20.6 Å². The summed E-state index contributed by atoms with van der Waals surface area (Å²) in [5.74, 6) is -0.327. The molecule has 1 rings (SSSR count). The van der Waals surface area contributed by atoms with Gasteiger partial charge in [-0.3, -0.25) is 4.21 Å². The van der Waals surface area contributed by atoms with Gasteiger partial charge in [-0.1, -0.05) is 0 Å². The molecule has 0 N–H and O–H groups in total. The van der Waals surface area contributed by atoms with E-state index in [0.717, 1.165) is 0 Å². The number of likely N-dealkylation sites (tertiary alicyclic amines) is 1. The van der Waals surface area contributed by atoms with Crippen molar-refractivity contribution in [3.63, 3.8) is 0 Å². The SMILES string of the molecule is CC(C)(C)OC(=O)N1CC(OCS(=O)[O-])C1. The molecule has 1 aliphatic rings. The molecule has 0 saturated carbocycles. The van der Waals surface area contributed by atoms with E-state index in [1.54, 1.807) is 20.8 Å². The summed E-state index contributed by atoms with van der Waals surface area (Å²) in [6.07, 6.45) is -0.596. The lowest BCUT2D eigenvalue weighted by molar-refractivity contribution is -0.0516. The molecule has 7 heteroatoms. The first kappa shape index (κ1) is 13.4. The van der Waals surface area contributed by atoms with Crippen LogP contribution in [0.1, 0.15) is 20.8 Å². The molecule has 0 aromatic carbocycles. The summed E-state index contributed by atoms with van der Waals surface area (Å²) in [7, 11) is 0. The molecule has 0 radical (unpaired) electrons. The van der Waals surface area contributed by atoms with E-state index < -0.39 is 22.8 Å². The predicted molar refractivity (Wildman–Crippen MR) is 56.5 cm³/mol. The minimum absolute atomic E-state index is 0.203. The lowest BCUT2D eigenvalue weighted by Crippen LogP contribution is -2.56. The molecule has 0 spiro atoms. The smallest absolute Gasteiger partial charge is 0.410 e. The predicted octanol–water partition coefficient (Wildman–Crippen LogP) is 0.459. The van der Waals surface area contributed by atoms with Crippen molar-refractivity contribution < 1.29 is 23.0 Å². The third kappa shape index (κ3) is 4.46. The second-order valence-corrected chi connectivity index (χ2v) is 5.44. The van der Waals surface area contributed by atoms with Gasteiger partial charge in [0, 0.05) is 0 Å². The average molecular weight is 250 g/mol. The number of amides is 1. The highest BCUT2D eigenvalue weighted by molar-refractivity contribution is 7.78. The van der Waals surface area contributed by atoms with Gasteiger partial charge in [0.05, 0.1) is 19.2 Å². The molecule has 0 aliphatic carbocycles. The molecule has 0 aromatic heterocycles. The van der Waals surface area contributed by atoms with Gasteiger partial charge < -0.3 is 18.9 Å². The van der Waals surface area contributed by atoms with Crippen LogP contribution in [0.15, 0.2) is 0 Å². The zero-order chi connectivity index (χ0) is 12.3. The van der Waals surface area contributed by atoms with Crippen LogP contribution in [0.25, 0.3) is 0 Å². The number of rotatable bonds is 3. The molecule has 6 nitrogen and oxygen atoms in total. The molecule has 16 heavy (non-hydrogen) atoms. The number of hydrogen-bond acceptors (Lipinski definition) is 5. The molecule has 1 heterocycles. The van der Waals surface area contributed by atoms with E-state index in [1.807, 2.05) is 0 Å². The standard InChI is InChI=1S/C9H17NO5S/c1-9(2,3)15-8(11)10-4-7(5-10)14-6-16(12)13/h7H,4-6H2,1-3H3,(H,12,13)/p-1. The van der Waals surface area contributed by atoms with Crippen molar-refractivity contribution in [3.8, 4) is 0 Å². The van der Waals surface area contributed by atoms with Crippen LogP contribution in [0.2, 0.25) is 0 Å². The summed E-state index contributed by atoms with van der Waals surface area (Å²) in [6.45, 7) is 6.13. The lowest BCUT2D eigenvalue weighted by Gasteiger charge is -2.39. The molecule has 0 aromatic rings. The zero-order valence-corrected chi connectivity index (χ0v) is 10.4. The maximum Gasteiger partial charge on any atom is 0.410 e. The topological polar surface area (TPSA) is 78.9 Å². The second kappa shape index (κ2) is 5.11. The maximum atomic E-state index is 11.5. The molecule has 1 saturated heterocycles. The molecule has 1 amide bonds. The largest absolute Gasteiger partial charge is 0.771 e. The van der Waals surface area contributed by atoms with E-state index in [2.05, 4.69) is 0 Å². The van der Waals surface area contributed by atoms with Crippen LogP contribution < -0.4 is 0 Å². The van der Waals surface area contributed by atoms with Crippen LogP contribution in [0.5, 0.6) is 0 Å². The highest BCUT2D eigenvalue weighted by atomic mass is 32.2. The van der Waals surface area contributed by atoms with Crippen LogP contribution in [0.4, 0.5) is 4.79 Å². The molecule has 94 valence electrons. The fourth-order valence-electron chi connectivity index (χ4n) is 1.17. The quantitative estimate of drug-likeness (QED) is 0.680. The Labute approximate surface area is 97.2 Å². The Bertz CT molecular complexity index is 282. The summed E-state index contributed by atoms with van der Waals surface area (Å²) in [5, 5.41) is 0. The van der Waals surface area contributed by atoms with Gasteiger partial charge in [0.25, 0.3) is 0 Å².